The van der Waals surface area contributed by atoms with Crippen LogP contribution in [0.5, 0.6) is 0 Å². The number of H-pyrrole nitrogens is 1. The maximum absolute atomic E-state index is 12.5. The zero-order valence-corrected chi connectivity index (χ0v) is 18.6. The Morgan fingerprint density at radius 2 is 1.77 bits per heavy atom. The van der Waals surface area contributed by atoms with Crippen molar-refractivity contribution in [2.45, 2.75) is 46.8 Å². The van der Waals surface area contributed by atoms with Crippen molar-refractivity contribution >= 4 is 16.8 Å². The highest BCUT2D eigenvalue weighted by atomic mass is 16.5. The Kier molecular flexibility index (Phi) is 7.58. The third-order valence-electron chi connectivity index (χ3n) is 5.10. The van der Waals surface area contributed by atoms with Crippen LogP contribution in [0.4, 0.5) is 0 Å². The normalized spacial score (nSPS) is 12.5. The highest BCUT2D eigenvalue weighted by molar-refractivity contribution is 5.78. The van der Waals surface area contributed by atoms with Crippen molar-refractivity contribution in [2.75, 3.05) is 6.61 Å². The molecule has 1 atom stereocenters. The quantitative estimate of drug-likeness (QED) is 0.544. The number of nitrogens with zero attached hydrogens (tertiary/aromatic N) is 1. The molecule has 0 fully saturated rings. The second-order valence-electron chi connectivity index (χ2n) is 8.65. The van der Waals surface area contributed by atoms with Crippen LogP contribution in [-0.4, -0.2) is 22.5 Å². The van der Waals surface area contributed by atoms with E-state index < -0.39 is 0 Å². The van der Waals surface area contributed by atoms with Gasteiger partial charge in [0, 0.05) is 0 Å². The number of rotatable bonds is 9. The monoisotopic (exact) mass is 421 g/mol. The lowest BCUT2D eigenvalue weighted by Crippen LogP contribution is -2.34. The first kappa shape index (κ1) is 22.7. The average molecular weight is 422 g/mol. The number of nitrogens with one attached hydrogen (secondary N) is 2. The molecule has 0 aliphatic rings. The van der Waals surface area contributed by atoms with Gasteiger partial charge in [0.2, 0.25) is 5.91 Å². The lowest BCUT2D eigenvalue weighted by atomic mass is 9.93. The van der Waals surface area contributed by atoms with Crippen molar-refractivity contribution in [3.05, 3.63) is 75.8 Å². The predicted molar refractivity (Wildman–Crippen MR) is 123 cm³/mol. The molecule has 0 spiro atoms. The molecule has 3 rings (SSSR count). The number of benzene rings is 2. The summed E-state index contributed by atoms with van der Waals surface area (Å²) in [6, 6.07) is 15.5. The van der Waals surface area contributed by atoms with Crippen LogP contribution in [0.2, 0.25) is 0 Å². The molecule has 31 heavy (non-hydrogen) atoms. The molecular formula is C25H31N3O3. The van der Waals surface area contributed by atoms with Crippen LogP contribution < -0.4 is 10.9 Å². The van der Waals surface area contributed by atoms with Gasteiger partial charge in [-0.15, -0.1) is 0 Å². The highest BCUT2D eigenvalue weighted by Crippen LogP contribution is 2.22. The van der Waals surface area contributed by atoms with Gasteiger partial charge in [0.15, 0.2) is 0 Å². The summed E-state index contributed by atoms with van der Waals surface area (Å²) in [6.45, 7) is 8.52. The zero-order valence-electron chi connectivity index (χ0n) is 18.6. The van der Waals surface area contributed by atoms with Gasteiger partial charge in [0.25, 0.3) is 5.56 Å². The zero-order chi connectivity index (χ0) is 22.4. The first-order valence-electron chi connectivity index (χ1n) is 10.8. The van der Waals surface area contributed by atoms with E-state index in [2.05, 4.69) is 67.2 Å². The summed E-state index contributed by atoms with van der Waals surface area (Å²) in [4.78, 5) is 31.7. The van der Waals surface area contributed by atoms with E-state index in [1.54, 1.807) is 18.2 Å². The first-order valence-corrected chi connectivity index (χ1v) is 10.8. The molecule has 0 radical (unpaired) electrons. The van der Waals surface area contributed by atoms with Gasteiger partial charge in [-0.2, -0.15) is 0 Å². The minimum Gasteiger partial charge on any atom is -0.364 e. The molecule has 0 saturated carbocycles. The van der Waals surface area contributed by atoms with E-state index in [4.69, 9.17) is 4.74 Å². The number of aromatic amines is 1. The molecule has 1 aromatic heterocycles. The number of hydrogen-bond acceptors (Lipinski definition) is 4. The van der Waals surface area contributed by atoms with Crippen molar-refractivity contribution < 1.29 is 9.53 Å². The summed E-state index contributed by atoms with van der Waals surface area (Å²) in [5.74, 6) is 1.04. The molecule has 0 saturated heterocycles. The number of carbonyl (C=O) groups excluding carboxylic acids is 1. The number of carbonyl (C=O) groups is 1. The van der Waals surface area contributed by atoms with Crippen LogP contribution in [0.25, 0.3) is 10.9 Å². The van der Waals surface area contributed by atoms with E-state index in [9.17, 15) is 9.59 Å². The van der Waals surface area contributed by atoms with Gasteiger partial charge >= 0.3 is 0 Å². The molecule has 3 aromatic rings. The van der Waals surface area contributed by atoms with Gasteiger partial charge in [-0.3, -0.25) is 9.59 Å². The number of amides is 1. The minimum absolute atomic E-state index is 0.0593. The fourth-order valence-electron chi connectivity index (χ4n) is 3.63. The first-order chi connectivity index (χ1) is 14.8. The Balaban J connectivity index is 1.57. The number of hydrogen-bond donors (Lipinski definition) is 2. The Labute approximate surface area is 183 Å². The second-order valence-corrected chi connectivity index (χ2v) is 8.65. The van der Waals surface area contributed by atoms with Crippen molar-refractivity contribution in [3.8, 4) is 0 Å². The topological polar surface area (TPSA) is 84.1 Å². The lowest BCUT2D eigenvalue weighted by Gasteiger charge is -2.23. The van der Waals surface area contributed by atoms with Gasteiger partial charge in [0.1, 0.15) is 19.0 Å². The Bertz CT molecular complexity index is 1070. The molecule has 0 aliphatic heterocycles. The van der Waals surface area contributed by atoms with Crippen LogP contribution in [0.1, 0.15) is 50.7 Å². The molecule has 0 aliphatic carbocycles. The van der Waals surface area contributed by atoms with E-state index in [1.165, 1.54) is 5.56 Å². The maximum atomic E-state index is 12.5. The Hall–Kier alpha value is -2.99. The molecule has 6 heteroatoms. The Morgan fingerprint density at radius 1 is 1.06 bits per heavy atom. The second kappa shape index (κ2) is 10.4. The van der Waals surface area contributed by atoms with Crippen molar-refractivity contribution in [1.29, 1.82) is 0 Å². The summed E-state index contributed by atoms with van der Waals surface area (Å²) in [5, 5.41) is 3.59. The molecular weight excluding hydrogens is 390 g/mol. The van der Waals surface area contributed by atoms with Crippen LogP contribution in [0, 0.1) is 11.8 Å². The standard InChI is InChI=1S/C25H31N3O3/c1-16(2)13-18-9-11-19(12-10-18)24(17(3)4)28-23(29)15-31-14-22-26-21-8-6-5-7-20(21)25(30)27-22/h5-12,16-17,24H,13-15H2,1-4H3,(H,28,29)(H,26,27,30)/t24-/m0/s1. The summed E-state index contributed by atoms with van der Waals surface area (Å²) in [7, 11) is 0. The summed E-state index contributed by atoms with van der Waals surface area (Å²) >= 11 is 0. The van der Waals surface area contributed by atoms with Crippen molar-refractivity contribution in [1.82, 2.24) is 15.3 Å². The summed E-state index contributed by atoms with van der Waals surface area (Å²) in [5.41, 5.74) is 2.77. The van der Waals surface area contributed by atoms with Crippen molar-refractivity contribution in [3.63, 3.8) is 0 Å². The van der Waals surface area contributed by atoms with Gasteiger partial charge in [-0.25, -0.2) is 4.98 Å². The molecule has 2 aromatic carbocycles. The molecule has 0 bridgehead atoms. The number of ether oxygens (including phenoxy) is 1. The number of aromatic nitrogens is 2. The van der Waals surface area contributed by atoms with Crippen molar-refractivity contribution in [2.24, 2.45) is 11.8 Å². The summed E-state index contributed by atoms with van der Waals surface area (Å²) in [6.07, 6.45) is 1.04. The van der Waals surface area contributed by atoms with Crippen LogP contribution >= 0.6 is 0 Å². The average Bonchev–Trinajstić information content (AvgIpc) is 2.72. The Morgan fingerprint density at radius 3 is 2.45 bits per heavy atom. The molecule has 1 amide bonds. The van der Waals surface area contributed by atoms with E-state index >= 15 is 0 Å². The number of fused-ring (bicyclic) bond motifs is 1. The van der Waals surface area contributed by atoms with Gasteiger partial charge in [-0.05, 0) is 41.5 Å². The largest absolute Gasteiger partial charge is 0.364 e. The van der Waals surface area contributed by atoms with Crippen LogP contribution in [0.15, 0.2) is 53.3 Å². The number of para-hydroxylation sites is 1. The highest BCUT2D eigenvalue weighted by Gasteiger charge is 2.18. The molecule has 0 unspecified atom stereocenters. The van der Waals surface area contributed by atoms with Gasteiger partial charge < -0.3 is 15.0 Å². The molecule has 2 N–H and O–H groups in total. The fourth-order valence-corrected chi connectivity index (χ4v) is 3.63. The molecule has 6 nitrogen and oxygen atoms in total. The third-order valence-corrected chi connectivity index (χ3v) is 5.10. The molecule has 164 valence electrons. The van der Waals surface area contributed by atoms with Gasteiger partial charge in [-0.1, -0.05) is 64.1 Å². The van der Waals surface area contributed by atoms with Crippen LogP contribution in [-0.2, 0) is 22.6 Å². The summed E-state index contributed by atoms with van der Waals surface area (Å²) < 4.78 is 5.52. The predicted octanol–water partition coefficient (Wildman–Crippen LogP) is 4.15. The van der Waals surface area contributed by atoms with E-state index in [0.717, 1.165) is 12.0 Å². The minimum atomic E-state index is -0.213. The molecule has 1 heterocycles. The van der Waals surface area contributed by atoms with E-state index in [1.807, 2.05) is 6.07 Å². The van der Waals surface area contributed by atoms with Gasteiger partial charge in [0.05, 0.1) is 16.9 Å². The fraction of sp³-hybridized carbons (Fsp3) is 0.400. The smallest absolute Gasteiger partial charge is 0.258 e. The van der Waals surface area contributed by atoms with E-state index in [0.29, 0.717) is 22.6 Å². The maximum Gasteiger partial charge on any atom is 0.258 e. The van der Waals surface area contributed by atoms with Crippen LogP contribution in [0.3, 0.4) is 0 Å². The third kappa shape index (κ3) is 6.25. The lowest BCUT2D eigenvalue weighted by molar-refractivity contribution is -0.127. The SMILES string of the molecule is CC(C)Cc1ccc([C@@H](NC(=O)COCc2nc3ccccc3c(=O)[nH]2)C(C)C)cc1. The van der Waals surface area contributed by atoms with E-state index in [-0.39, 0.29) is 36.6 Å².